The molecule has 2 N–H and O–H groups in total. The summed E-state index contributed by atoms with van der Waals surface area (Å²) in [7, 11) is 1.77. The second kappa shape index (κ2) is 6.50. The van der Waals surface area contributed by atoms with Crippen molar-refractivity contribution in [2.45, 2.75) is 45.1 Å². The van der Waals surface area contributed by atoms with Crippen molar-refractivity contribution in [1.29, 1.82) is 0 Å². The molecule has 0 aromatic carbocycles. The van der Waals surface area contributed by atoms with Gasteiger partial charge in [-0.1, -0.05) is 19.3 Å². The quantitative estimate of drug-likeness (QED) is 0.873. The topological polar surface area (TPSA) is 66.9 Å². The highest BCUT2D eigenvalue weighted by Crippen LogP contribution is 2.26. The van der Waals surface area contributed by atoms with Crippen LogP contribution in [0, 0.1) is 5.92 Å². The highest BCUT2D eigenvalue weighted by Gasteiger charge is 2.22. The number of nitrogens with zero attached hydrogens (tertiary/aromatic N) is 2. The molecular formula is C14H22N4O. The molecule has 1 aromatic heterocycles. The zero-order chi connectivity index (χ0) is 13.7. The minimum Gasteiger partial charge on any atom is -0.372 e. The zero-order valence-corrected chi connectivity index (χ0v) is 11.6. The third-order valence-corrected chi connectivity index (χ3v) is 3.87. The molecule has 104 valence electrons. The summed E-state index contributed by atoms with van der Waals surface area (Å²) in [4.78, 5) is 12.1. The molecule has 1 atom stereocenters. The van der Waals surface area contributed by atoms with Crippen molar-refractivity contribution in [2.24, 2.45) is 5.92 Å². The number of hydrogen-bond donors (Lipinski definition) is 2. The van der Waals surface area contributed by atoms with Crippen molar-refractivity contribution in [2.75, 3.05) is 12.4 Å². The molecule has 0 bridgehead atoms. The van der Waals surface area contributed by atoms with E-state index in [0.29, 0.717) is 17.4 Å². The van der Waals surface area contributed by atoms with Crippen LogP contribution in [0.3, 0.4) is 0 Å². The molecule has 5 nitrogen and oxygen atoms in total. The fourth-order valence-corrected chi connectivity index (χ4v) is 2.62. The number of aromatic nitrogens is 2. The average molecular weight is 262 g/mol. The molecule has 1 aromatic rings. The first kappa shape index (κ1) is 13.8. The molecule has 1 saturated carbocycles. The number of anilines is 1. The van der Waals surface area contributed by atoms with Crippen LogP contribution in [0.25, 0.3) is 0 Å². The normalized spacial score (nSPS) is 17.8. The summed E-state index contributed by atoms with van der Waals surface area (Å²) in [5.74, 6) is 1.13. The Morgan fingerprint density at radius 3 is 2.58 bits per heavy atom. The summed E-state index contributed by atoms with van der Waals surface area (Å²) < 4.78 is 0. The maximum atomic E-state index is 12.1. The molecule has 0 radical (unpaired) electrons. The van der Waals surface area contributed by atoms with Crippen LogP contribution in [0.15, 0.2) is 12.1 Å². The van der Waals surface area contributed by atoms with Crippen LogP contribution in [0.1, 0.15) is 49.5 Å². The van der Waals surface area contributed by atoms with Crippen molar-refractivity contribution in [3.05, 3.63) is 17.8 Å². The lowest BCUT2D eigenvalue weighted by atomic mass is 9.84. The first-order valence-corrected chi connectivity index (χ1v) is 7.03. The Morgan fingerprint density at radius 1 is 1.26 bits per heavy atom. The maximum absolute atomic E-state index is 12.1. The van der Waals surface area contributed by atoms with Crippen molar-refractivity contribution >= 4 is 11.7 Å². The Labute approximate surface area is 114 Å². The van der Waals surface area contributed by atoms with Gasteiger partial charge in [0.1, 0.15) is 5.82 Å². The van der Waals surface area contributed by atoms with E-state index in [1.165, 1.54) is 32.1 Å². The lowest BCUT2D eigenvalue weighted by molar-refractivity contribution is 0.0913. The third kappa shape index (κ3) is 3.66. The van der Waals surface area contributed by atoms with Gasteiger partial charge in [-0.3, -0.25) is 4.79 Å². The first-order chi connectivity index (χ1) is 9.20. The molecule has 19 heavy (non-hydrogen) atoms. The molecule has 2 rings (SSSR count). The van der Waals surface area contributed by atoms with E-state index in [4.69, 9.17) is 0 Å². The Hall–Kier alpha value is -1.65. The van der Waals surface area contributed by atoms with Gasteiger partial charge >= 0.3 is 0 Å². The fraction of sp³-hybridized carbons (Fsp3) is 0.643. The van der Waals surface area contributed by atoms with Crippen LogP contribution in [-0.2, 0) is 0 Å². The Morgan fingerprint density at radius 2 is 2.00 bits per heavy atom. The van der Waals surface area contributed by atoms with Gasteiger partial charge in [0.25, 0.3) is 5.91 Å². The molecule has 1 unspecified atom stereocenters. The lowest BCUT2D eigenvalue weighted by Crippen LogP contribution is -2.39. The molecule has 0 spiro atoms. The van der Waals surface area contributed by atoms with Crippen molar-refractivity contribution in [3.63, 3.8) is 0 Å². The van der Waals surface area contributed by atoms with Crippen LogP contribution in [0.4, 0.5) is 5.82 Å². The fourth-order valence-electron chi connectivity index (χ4n) is 2.62. The van der Waals surface area contributed by atoms with E-state index >= 15 is 0 Å². The predicted molar refractivity (Wildman–Crippen MR) is 75.1 cm³/mol. The molecule has 0 saturated heterocycles. The molecule has 5 heteroatoms. The minimum absolute atomic E-state index is 0.131. The lowest BCUT2D eigenvalue weighted by Gasteiger charge is -2.28. The van der Waals surface area contributed by atoms with E-state index < -0.39 is 0 Å². The third-order valence-electron chi connectivity index (χ3n) is 3.87. The van der Waals surface area contributed by atoms with E-state index in [2.05, 4.69) is 27.8 Å². The summed E-state index contributed by atoms with van der Waals surface area (Å²) in [6.45, 7) is 2.09. The van der Waals surface area contributed by atoms with Gasteiger partial charge in [-0.05, 0) is 37.8 Å². The first-order valence-electron chi connectivity index (χ1n) is 7.03. The van der Waals surface area contributed by atoms with Crippen LogP contribution in [0.2, 0.25) is 0 Å². The number of carbonyl (C=O) groups is 1. The van der Waals surface area contributed by atoms with Crippen LogP contribution < -0.4 is 10.6 Å². The van der Waals surface area contributed by atoms with Crippen LogP contribution in [-0.4, -0.2) is 29.2 Å². The van der Waals surface area contributed by atoms with Gasteiger partial charge in [-0.25, -0.2) is 0 Å². The predicted octanol–water partition coefficient (Wildman–Crippen LogP) is 2.22. The molecule has 0 aliphatic heterocycles. The number of rotatable bonds is 4. The molecule has 1 amide bonds. The van der Waals surface area contributed by atoms with Gasteiger partial charge in [-0.15, -0.1) is 10.2 Å². The van der Waals surface area contributed by atoms with Crippen molar-refractivity contribution in [1.82, 2.24) is 15.5 Å². The highest BCUT2D eigenvalue weighted by molar-refractivity contribution is 5.92. The second-order valence-corrected chi connectivity index (χ2v) is 5.21. The number of carbonyl (C=O) groups excluding carboxylic acids is 1. The van der Waals surface area contributed by atoms with Crippen LogP contribution >= 0.6 is 0 Å². The van der Waals surface area contributed by atoms with E-state index in [0.717, 1.165) is 0 Å². The highest BCUT2D eigenvalue weighted by atomic mass is 16.2. The van der Waals surface area contributed by atoms with E-state index in [-0.39, 0.29) is 11.9 Å². The minimum atomic E-state index is -0.131. The summed E-state index contributed by atoms with van der Waals surface area (Å²) in [5.41, 5.74) is 0.377. The van der Waals surface area contributed by atoms with Crippen molar-refractivity contribution < 1.29 is 4.79 Å². The Kier molecular flexibility index (Phi) is 4.71. The van der Waals surface area contributed by atoms with Gasteiger partial charge in [0.15, 0.2) is 5.69 Å². The van der Waals surface area contributed by atoms with E-state index in [1.807, 2.05) is 0 Å². The second-order valence-electron chi connectivity index (χ2n) is 5.21. The molecule has 1 aliphatic rings. The number of hydrogen-bond acceptors (Lipinski definition) is 4. The summed E-state index contributed by atoms with van der Waals surface area (Å²) >= 11 is 0. The number of amides is 1. The van der Waals surface area contributed by atoms with Gasteiger partial charge in [-0.2, -0.15) is 0 Å². The smallest absolute Gasteiger partial charge is 0.272 e. The maximum Gasteiger partial charge on any atom is 0.272 e. The summed E-state index contributed by atoms with van der Waals surface area (Å²) in [5, 5.41) is 13.8. The monoisotopic (exact) mass is 262 g/mol. The summed E-state index contributed by atoms with van der Waals surface area (Å²) in [6, 6.07) is 3.66. The largest absolute Gasteiger partial charge is 0.372 e. The average Bonchev–Trinajstić information content (AvgIpc) is 2.48. The molecule has 1 heterocycles. The molecular weight excluding hydrogens is 240 g/mol. The number of nitrogens with one attached hydrogen (secondary N) is 2. The van der Waals surface area contributed by atoms with Gasteiger partial charge in [0, 0.05) is 13.1 Å². The zero-order valence-electron chi connectivity index (χ0n) is 11.6. The van der Waals surface area contributed by atoms with E-state index in [9.17, 15) is 4.79 Å². The van der Waals surface area contributed by atoms with Gasteiger partial charge in [0.05, 0.1) is 0 Å². The van der Waals surface area contributed by atoms with Gasteiger partial charge < -0.3 is 10.6 Å². The summed E-state index contributed by atoms with van der Waals surface area (Å²) in [6.07, 6.45) is 6.31. The molecule has 1 fully saturated rings. The molecule has 1 aliphatic carbocycles. The van der Waals surface area contributed by atoms with Crippen LogP contribution in [0.5, 0.6) is 0 Å². The Bertz CT molecular complexity index is 412. The van der Waals surface area contributed by atoms with Crippen molar-refractivity contribution in [3.8, 4) is 0 Å². The standard InChI is InChI=1S/C14H22N4O/c1-10(11-6-4-3-5-7-11)16-14(19)12-8-9-13(15-2)18-17-12/h8-11H,3-7H2,1-2H3,(H,15,18)(H,16,19). The SMILES string of the molecule is CNc1ccc(C(=O)NC(C)C2CCCCC2)nn1. The Balaban J connectivity index is 1.91. The van der Waals surface area contributed by atoms with Gasteiger partial charge in [0.2, 0.25) is 0 Å². The van der Waals surface area contributed by atoms with E-state index in [1.54, 1.807) is 19.2 Å².